The Hall–Kier alpha value is -1.10. The lowest BCUT2D eigenvalue weighted by Gasteiger charge is -2.27. The summed E-state index contributed by atoms with van der Waals surface area (Å²) in [5, 5.41) is 8.82. The van der Waals surface area contributed by atoms with Gasteiger partial charge in [-0.2, -0.15) is 0 Å². The molecule has 0 spiro atoms. The van der Waals surface area contributed by atoms with Crippen LogP contribution in [0.1, 0.15) is 20.8 Å². The van der Waals surface area contributed by atoms with E-state index in [1.807, 2.05) is 0 Å². The molecule has 0 aromatic rings. The summed E-state index contributed by atoms with van der Waals surface area (Å²) in [5.74, 6) is -1.21. The SMILES string of the molecule is CC(C)(C)C(=O)N1COC[C@H]1C(=O)O. The predicted octanol–water partition coefficient (Wildman–Crippen LogP) is 0.302. The summed E-state index contributed by atoms with van der Waals surface area (Å²) in [6.45, 7) is 5.43. The van der Waals surface area contributed by atoms with Crippen molar-refractivity contribution < 1.29 is 19.4 Å². The third-order valence-electron chi connectivity index (χ3n) is 2.07. The van der Waals surface area contributed by atoms with Gasteiger partial charge in [-0.25, -0.2) is 4.79 Å². The molecule has 1 N–H and O–H groups in total. The largest absolute Gasteiger partial charge is 0.480 e. The van der Waals surface area contributed by atoms with Gasteiger partial charge >= 0.3 is 5.97 Å². The molecule has 1 amide bonds. The van der Waals surface area contributed by atoms with Crippen molar-refractivity contribution in [2.45, 2.75) is 26.8 Å². The van der Waals surface area contributed by atoms with E-state index in [-0.39, 0.29) is 19.2 Å². The Balaban J connectivity index is 2.77. The highest BCUT2D eigenvalue weighted by atomic mass is 16.5. The molecule has 0 unspecified atom stereocenters. The summed E-state index contributed by atoms with van der Waals surface area (Å²) in [7, 11) is 0. The smallest absolute Gasteiger partial charge is 0.328 e. The van der Waals surface area contributed by atoms with Gasteiger partial charge in [0.05, 0.1) is 6.61 Å². The number of rotatable bonds is 1. The van der Waals surface area contributed by atoms with Gasteiger partial charge in [0, 0.05) is 5.41 Å². The topological polar surface area (TPSA) is 66.8 Å². The second-order valence-electron chi connectivity index (χ2n) is 4.38. The number of carbonyl (C=O) groups is 2. The molecule has 1 aliphatic heterocycles. The number of carbonyl (C=O) groups excluding carboxylic acids is 1. The number of hydrogen-bond donors (Lipinski definition) is 1. The molecule has 5 heteroatoms. The van der Waals surface area contributed by atoms with Gasteiger partial charge in [0.25, 0.3) is 0 Å². The Morgan fingerprint density at radius 2 is 2.00 bits per heavy atom. The van der Waals surface area contributed by atoms with Crippen LogP contribution in [0.3, 0.4) is 0 Å². The minimum absolute atomic E-state index is 0.0765. The van der Waals surface area contributed by atoms with E-state index in [1.54, 1.807) is 20.8 Å². The summed E-state index contributed by atoms with van der Waals surface area (Å²) in [6, 6.07) is -0.832. The van der Waals surface area contributed by atoms with Gasteiger partial charge in [0.15, 0.2) is 6.04 Å². The Labute approximate surface area is 82.6 Å². The molecule has 1 atom stereocenters. The van der Waals surface area contributed by atoms with Crippen LogP contribution < -0.4 is 0 Å². The summed E-state index contributed by atoms with van der Waals surface area (Å²) >= 11 is 0. The maximum absolute atomic E-state index is 11.8. The number of nitrogens with zero attached hydrogens (tertiary/aromatic N) is 1. The summed E-state index contributed by atoms with van der Waals surface area (Å²) < 4.78 is 4.97. The van der Waals surface area contributed by atoms with Crippen LogP contribution in [-0.2, 0) is 14.3 Å². The van der Waals surface area contributed by atoms with Gasteiger partial charge in [-0.05, 0) is 0 Å². The molecular weight excluding hydrogens is 186 g/mol. The van der Waals surface area contributed by atoms with Gasteiger partial charge in [0.1, 0.15) is 6.73 Å². The van der Waals surface area contributed by atoms with Gasteiger partial charge in [-0.15, -0.1) is 0 Å². The van der Waals surface area contributed by atoms with E-state index in [0.717, 1.165) is 0 Å². The molecule has 0 aliphatic carbocycles. The van der Waals surface area contributed by atoms with Crippen molar-refractivity contribution in [2.75, 3.05) is 13.3 Å². The number of ether oxygens (including phenoxy) is 1. The lowest BCUT2D eigenvalue weighted by atomic mass is 9.94. The molecule has 1 aliphatic rings. The zero-order chi connectivity index (χ0) is 10.9. The molecule has 1 fully saturated rings. The van der Waals surface area contributed by atoms with Gasteiger partial charge in [-0.1, -0.05) is 20.8 Å². The number of amides is 1. The minimum Gasteiger partial charge on any atom is -0.480 e. The van der Waals surface area contributed by atoms with Crippen molar-refractivity contribution in [3.8, 4) is 0 Å². The fourth-order valence-electron chi connectivity index (χ4n) is 1.28. The lowest BCUT2D eigenvalue weighted by Crippen LogP contribution is -2.46. The Bertz CT molecular complexity index is 256. The lowest BCUT2D eigenvalue weighted by molar-refractivity contribution is -0.151. The average molecular weight is 201 g/mol. The van der Waals surface area contributed by atoms with Crippen LogP contribution in [0.15, 0.2) is 0 Å². The van der Waals surface area contributed by atoms with Crippen LogP contribution >= 0.6 is 0 Å². The summed E-state index contributed by atoms with van der Waals surface area (Å²) in [4.78, 5) is 23.8. The quantitative estimate of drug-likeness (QED) is 0.662. The zero-order valence-corrected chi connectivity index (χ0v) is 8.61. The molecular formula is C9H15NO4. The van der Waals surface area contributed by atoms with E-state index < -0.39 is 17.4 Å². The van der Waals surface area contributed by atoms with Crippen molar-refractivity contribution in [3.63, 3.8) is 0 Å². The van der Waals surface area contributed by atoms with E-state index in [1.165, 1.54) is 4.90 Å². The van der Waals surface area contributed by atoms with Crippen LogP contribution in [0.5, 0.6) is 0 Å². The van der Waals surface area contributed by atoms with Crippen LogP contribution in [0.2, 0.25) is 0 Å². The Morgan fingerprint density at radius 3 is 2.43 bits per heavy atom. The normalized spacial score (nSPS) is 22.5. The fraction of sp³-hybridized carbons (Fsp3) is 0.778. The molecule has 1 heterocycles. The highest BCUT2D eigenvalue weighted by molar-refractivity contribution is 5.87. The van der Waals surface area contributed by atoms with Crippen molar-refractivity contribution in [1.82, 2.24) is 4.90 Å². The first-order valence-electron chi connectivity index (χ1n) is 4.45. The third kappa shape index (κ3) is 2.04. The molecule has 1 saturated heterocycles. The molecule has 0 aromatic heterocycles. The first-order valence-corrected chi connectivity index (χ1v) is 4.45. The number of hydrogen-bond acceptors (Lipinski definition) is 3. The third-order valence-corrected chi connectivity index (χ3v) is 2.07. The highest BCUT2D eigenvalue weighted by Gasteiger charge is 2.39. The molecule has 5 nitrogen and oxygen atoms in total. The molecule has 80 valence electrons. The number of carboxylic acids is 1. The van der Waals surface area contributed by atoms with Crippen LogP contribution in [-0.4, -0.2) is 41.3 Å². The van der Waals surface area contributed by atoms with Crippen molar-refractivity contribution in [2.24, 2.45) is 5.41 Å². The monoisotopic (exact) mass is 201 g/mol. The second-order valence-corrected chi connectivity index (χ2v) is 4.38. The van der Waals surface area contributed by atoms with E-state index in [9.17, 15) is 9.59 Å². The highest BCUT2D eigenvalue weighted by Crippen LogP contribution is 2.21. The minimum atomic E-state index is -1.01. The predicted molar refractivity (Wildman–Crippen MR) is 48.5 cm³/mol. The van der Waals surface area contributed by atoms with E-state index >= 15 is 0 Å². The van der Waals surface area contributed by atoms with E-state index in [4.69, 9.17) is 9.84 Å². The molecule has 0 aromatic carbocycles. The van der Waals surface area contributed by atoms with E-state index in [0.29, 0.717) is 0 Å². The van der Waals surface area contributed by atoms with Crippen LogP contribution in [0.25, 0.3) is 0 Å². The maximum Gasteiger partial charge on any atom is 0.328 e. The van der Waals surface area contributed by atoms with Crippen molar-refractivity contribution >= 4 is 11.9 Å². The Morgan fingerprint density at radius 1 is 1.43 bits per heavy atom. The van der Waals surface area contributed by atoms with Gasteiger partial charge in [-0.3, -0.25) is 4.79 Å². The van der Waals surface area contributed by atoms with Gasteiger partial charge < -0.3 is 14.7 Å². The summed E-state index contributed by atoms with van der Waals surface area (Å²) in [5.41, 5.74) is -0.568. The Kier molecular flexibility index (Phi) is 2.80. The summed E-state index contributed by atoms with van der Waals surface area (Å²) in [6.07, 6.45) is 0. The molecule has 1 rings (SSSR count). The van der Waals surface area contributed by atoms with Crippen LogP contribution in [0.4, 0.5) is 0 Å². The van der Waals surface area contributed by atoms with E-state index in [2.05, 4.69) is 0 Å². The second kappa shape index (κ2) is 3.57. The van der Waals surface area contributed by atoms with Crippen LogP contribution in [0, 0.1) is 5.41 Å². The standard InChI is InChI=1S/C9H15NO4/c1-9(2,3)8(13)10-5-14-4-6(10)7(11)12/h6H,4-5H2,1-3H3,(H,11,12)/t6-/m0/s1. The maximum atomic E-state index is 11.8. The number of aliphatic carboxylic acids is 1. The first kappa shape index (κ1) is 11.0. The first-order chi connectivity index (χ1) is 6.34. The molecule has 0 saturated carbocycles. The average Bonchev–Trinajstić information content (AvgIpc) is 2.48. The van der Waals surface area contributed by atoms with Crippen molar-refractivity contribution in [3.05, 3.63) is 0 Å². The molecule has 0 bridgehead atoms. The fourth-order valence-corrected chi connectivity index (χ4v) is 1.28. The molecule has 0 radical (unpaired) electrons. The molecule has 14 heavy (non-hydrogen) atoms. The zero-order valence-electron chi connectivity index (χ0n) is 8.61. The van der Waals surface area contributed by atoms with Crippen molar-refractivity contribution in [1.29, 1.82) is 0 Å². The number of carboxylic acid groups (broad SMARTS) is 1. The van der Waals surface area contributed by atoms with Gasteiger partial charge in [0.2, 0.25) is 5.91 Å².